The molecule has 0 unspecified atom stereocenters. The molecule has 19 heavy (non-hydrogen) atoms. The van der Waals surface area contributed by atoms with Gasteiger partial charge in [0, 0.05) is 0 Å². The lowest BCUT2D eigenvalue weighted by Gasteiger charge is -2.34. The van der Waals surface area contributed by atoms with Crippen LogP contribution < -0.4 is 0 Å². The largest absolute Gasteiger partial charge is 0.478 e. The molecule has 2 heteroatoms. The second kappa shape index (κ2) is 5.36. The zero-order valence-electron chi connectivity index (χ0n) is 13.0. The molecule has 0 atom stereocenters. The molecule has 0 aliphatic carbocycles. The van der Waals surface area contributed by atoms with Gasteiger partial charge in [-0.15, -0.1) is 0 Å². The molecule has 0 bridgehead atoms. The van der Waals surface area contributed by atoms with Gasteiger partial charge in [-0.3, -0.25) is 0 Å². The number of hydrogen-bond donors (Lipinski definition) is 1. The van der Waals surface area contributed by atoms with E-state index in [4.69, 9.17) is 0 Å². The third-order valence-electron chi connectivity index (χ3n) is 4.47. The zero-order valence-corrected chi connectivity index (χ0v) is 13.0. The normalized spacial score (nSPS) is 12.5. The molecule has 0 radical (unpaired) electrons. The molecule has 1 aromatic carbocycles. The van der Waals surface area contributed by atoms with Crippen LogP contribution in [0.25, 0.3) is 0 Å². The van der Waals surface area contributed by atoms with Crippen molar-refractivity contribution in [1.29, 1.82) is 0 Å². The molecule has 106 valence electrons. The third-order valence-corrected chi connectivity index (χ3v) is 4.47. The van der Waals surface area contributed by atoms with Crippen LogP contribution in [0.1, 0.15) is 75.9 Å². The summed E-state index contributed by atoms with van der Waals surface area (Å²) in [7, 11) is 0. The molecule has 0 aromatic heterocycles. The summed E-state index contributed by atoms with van der Waals surface area (Å²) in [6.45, 7) is 12.9. The van der Waals surface area contributed by atoms with Gasteiger partial charge in [-0.1, -0.05) is 53.7 Å². The maximum absolute atomic E-state index is 11.6. The van der Waals surface area contributed by atoms with Gasteiger partial charge in [-0.05, 0) is 40.9 Å². The summed E-state index contributed by atoms with van der Waals surface area (Å²) in [5.41, 5.74) is 2.48. The van der Waals surface area contributed by atoms with Crippen LogP contribution in [-0.4, -0.2) is 11.1 Å². The van der Waals surface area contributed by atoms with E-state index in [0.29, 0.717) is 5.56 Å². The smallest absolute Gasteiger partial charge is 0.335 e. The van der Waals surface area contributed by atoms with Crippen molar-refractivity contribution in [2.45, 2.75) is 65.2 Å². The lowest BCUT2D eigenvalue weighted by molar-refractivity contribution is 0.0693. The molecular formula is C17H26O2. The topological polar surface area (TPSA) is 37.3 Å². The number of hydrogen-bond acceptors (Lipinski definition) is 1. The third kappa shape index (κ3) is 2.99. The zero-order chi connectivity index (χ0) is 14.8. The minimum absolute atomic E-state index is 0.00671. The number of carboxylic acid groups (broad SMARTS) is 1. The van der Waals surface area contributed by atoms with E-state index in [1.807, 2.05) is 6.07 Å². The van der Waals surface area contributed by atoms with Crippen LogP contribution in [0.5, 0.6) is 0 Å². The van der Waals surface area contributed by atoms with Crippen molar-refractivity contribution in [2.75, 3.05) is 0 Å². The van der Waals surface area contributed by atoms with Gasteiger partial charge in [0.2, 0.25) is 0 Å². The van der Waals surface area contributed by atoms with E-state index < -0.39 is 5.97 Å². The molecule has 0 heterocycles. The second-order valence-electron chi connectivity index (χ2n) is 6.51. The fraction of sp³-hybridized carbons (Fsp3) is 0.588. The van der Waals surface area contributed by atoms with E-state index in [9.17, 15) is 9.90 Å². The van der Waals surface area contributed by atoms with Gasteiger partial charge in [0.1, 0.15) is 0 Å². The Labute approximate surface area is 116 Å². The maximum atomic E-state index is 11.6. The molecule has 0 fully saturated rings. The van der Waals surface area contributed by atoms with Crippen molar-refractivity contribution in [1.82, 2.24) is 0 Å². The van der Waals surface area contributed by atoms with E-state index in [2.05, 4.69) is 47.6 Å². The van der Waals surface area contributed by atoms with Crippen molar-refractivity contribution in [2.24, 2.45) is 0 Å². The summed E-state index contributed by atoms with van der Waals surface area (Å²) in [6, 6.07) is 5.68. The SMILES string of the molecule is CCC(C)(C)c1cccc(C(=O)O)c1C(C)(C)CC. The first-order valence-electron chi connectivity index (χ1n) is 7.04. The number of aromatic carboxylic acids is 1. The Morgan fingerprint density at radius 2 is 1.58 bits per heavy atom. The van der Waals surface area contributed by atoms with Crippen molar-refractivity contribution in [3.8, 4) is 0 Å². The molecule has 1 aromatic rings. The van der Waals surface area contributed by atoms with E-state index in [0.717, 1.165) is 18.4 Å². The van der Waals surface area contributed by atoms with Crippen LogP contribution in [0.2, 0.25) is 0 Å². The lowest BCUT2D eigenvalue weighted by Crippen LogP contribution is -2.28. The first kappa shape index (κ1) is 15.7. The number of benzene rings is 1. The highest BCUT2D eigenvalue weighted by Gasteiger charge is 2.32. The summed E-state index contributed by atoms with van der Waals surface area (Å²) in [6.07, 6.45) is 1.91. The Hall–Kier alpha value is -1.31. The molecule has 0 spiro atoms. The van der Waals surface area contributed by atoms with E-state index in [1.165, 1.54) is 5.56 Å². The predicted octanol–water partition coefficient (Wildman–Crippen LogP) is 4.76. The lowest BCUT2D eigenvalue weighted by atomic mass is 9.70. The number of carboxylic acids is 1. The molecule has 0 aliphatic rings. The fourth-order valence-corrected chi connectivity index (χ4v) is 2.39. The quantitative estimate of drug-likeness (QED) is 0.830. The molecule has 0 amide bonds. The molecule has 2 nitrogen and oxygen atoms in total. The summed E-state index contributed by atoms with van der Waals surface area (Å²) >= 11 is 0. The fourth-order valence-electron chi connectivity index (χ4n) is 2.39. The number of rotatable bonds is 5. The molecular weight excluding hydrogens is 236 g/mol. The average Bonchev–Trinajstić information content (AvgIpc) is 2.37. The monoisotopic (exact) mass is 262 g/mol. The minimum atomic E-state index is -0.828. The summed E-state index contributed by atoms with van der Waals surface area (Å²) in [4.78, 5) is 11.6. The summed E-state index contributed by atoms with van der Waals surface area (Å²) in [5.74, 6) is -0.828. The average molecular weight is 262 g/mol. The van der Waals surface area contributed by atoms with Crippen LogP contribution in [0.4, 0.5) is 0 Å². The van der Waals surface area contributed by atoms with Crippen LogP contribution in [0.15, 0.2) is 18.2 Å². The summed E-state index contributed by atoms with van der Waals surface area (Å²) in [5, 5.41) is 9.49. The van der Waals surface area contributed by atoms with E-state index >= 15 is 0 Å². The second-order valence-corrected chi connectivity index (χ2v) is 6.51. The summed E-state index contributed by atoms with van der Waals surface area (Å²) < 4.78 is 0. The van der Waals surface area contributed by atoms with Gasteiger partial charge in [-0.2, -0.15) is 0 Å². The van der Waals surface area contributed by atoms with Gasteiger partial charge in [0.25, 0.3) is 0 Å². The van der Waals surface area contributed by atoms with Gasteiger partial charge in [-0.25, -0.2) is 4.79 Å². The van der Waals surface area contributed by atoms with Crippen LogP contribution in [0, 0.1) is 0 Å². The minimum Gasteiger partial charge on any atom is -0.478 e. The van der Waals surface area contributed by atoms with Crippen LogP contribution in [-0.2, 0) is 10.8 Å². The highest BCUT2D eigenvalue weighted by Crippen LogP contribution is 2.39. The molecule has 1 N–H and O–H groups in total. The van der Waals surface area contributed by atoms with Gasteiger partial charge < -0.3 is 5.11 Å². The van der Waals surface area contributed by atoms with Crippen molar-refractivity contribution >= 4 is 5.97 Å². The first-order chi connectivity index (χ1) is 8.67. The van der Waals surface area contributed by atoms with Crippen molar-refractivity contribution in [3.05, 3.63) is 34.9 Å². The maximum Gasteiger partial charge on any atom is 0.335 e. The van der Waals surface area contributed by atoms with Gasteiger partial charge in [0.15, 0.2) is 0 Å². The van der Waals surface area contributed by atoms with Gasteiger partial charge in [0.05, 0.1) is 5.56 Å². The Morgan fingerprint density at radius 3 is 2.00 bits per heavy atom. The number of carbonyl (C=O) groups is 1. The van der Waals surface area contributed by atoms with Crippen molar-refractivity contribution in [3.63, 3.8) is 0 Å². The Kier molecular flexibility index (Phi) is 4.44. The Balaban J connectivity index is 3.66. The van der Waals surface area contributed by atoms with E-state index in [-0.39, 0.29) is 10.8 Å². The van der Waals surface area contributed by atoms with Crippen molar-refractivity contribution < 1.29 is 9.90 Å². The van der Waals surface area contributed by atoms with E-state index in [1.54, 1.807) is 6.07 Å². The molecule has 0 aliphatic heterocycles. The van der Waals surface area contributed by atoms with Crippen LogP contribution >= 0.6 is 0 Å². The molecule has 1 rings (SSSR count). The Morgan fingerprint density at radius 1 is 1.05 bits per heavy atom. The highest BCUT2D eigenvalue weighted by molar-refractivity contribution is 5.90. The van der Waals surface area contributed by atoms with Gasteiger partial charge >= 0.3 is 5.97 Å². The standard InChI is InChI=1S/C17H26O2/c1-7-16(3,4)13-11-9-10-12(15(18)19)14(13)17(5,6)8-2/h9-11H,7-8H2,1-6H3,(H,18,19). The highest BCUT2D eigenvalue weighted by atomic mass is 16.4. The van der Waals surface area contributed by atoms with Crippen LogP contribution in [0.3, 0.4) is 0 Å². The molecule has 0 saturated carbocycles. The molecule has 0 saturated heterocycles. The Bertz CT molecular complexity index is 470. The predicted molar refractivity (Wildman–Crippen MR) is 80.0 cm³/mol. The first-order valence-corrected chi connectivity index (χ1v) is 7.04.